The maximum Gasteiger partial charge on any atom is 0.274 e. The van der Waals surface area contributed by atoms with Gasteiger partial charge in [0.25, 0.3) is 5.91 Å². The summed E-state index contributed by atoms with van der Waals surface area (Å²) in [6.07, 6.45) is 3.31. The van der Waals surface area contributed by atoms with E-state index >= 15 is 0 Å². The van der Waals surface area contributed by atoms with Gasteiger partial charge in [0.2, 0.25) is 10.0 Å². The summed E-state index contributed by atoms with van der Waals surface area (Å²) in [5, 5.41) is 4.20. The minimum Gasteiger partial charge on any atom is -0.352 e. The second-order valence-corrected chi connectivity index (χ2v) is 9.40. The number of rotatable bonds is 2. The fourth-order valence-corrected chi connectivity index (χ4v) is 6.24. The molecule has 0 spiro atoms. The molecular formula is C18H24N6O3S. The van der Waals surface area contributed by atoms with Crippen molar-refractivity contribution >= 4 is 21.7 Å². The average molecular weight is 404 g/mol. The fraction of sp³-hybridized carbons (Fsp3) is 0.500. The van der Waals surface area contributed by atoms with Crippen LogP contribution in [0.15, 0.2) is 35.5 Å². The molecule has 1 fully saturated rings. The largest absolute Gasteiger partial charge is 0.352 e. The number of hydrogen-bond acceptors (Lipinski definition) is 6. The van der Waals surface area contributed by atoms with E-state index in [2.05, 4.69) is 10.1 Å². The molecule has 2 aliphatic heterocycles. The molecule has 1 saturated heterocycles. The highest BCUT2D eigenvalue weighted by molar-refractivity contribution is 7.89. The smallest absolute Gasteiger partial charge is 0.274 e. The molecule has 0 radical (unpaired) electrons. The van der Waals surface area contributed by atoms with Crippen molar-refractivity contribution in [2.75, 3.05) is 25.0 Å². The van der Waals surface area contributed by atoms with E-state index in [1.165, 1.54) is 4.31 Å². The van der Waals surface area contributed by atoms with E-state index in [1.54, 1.807) is 47.2 Å². The molecule has 2 aliphatic rings. The summed E-state index contributed by atoms with van der Waals surface area (Å²) in [4.78, 5) is 21.1. The molecule has 2 aromatic rings. The molecule has 9 nitrogen and oxygen atoms in total. The summed E-state index contributed by atoms with van der Waals surface area (Å²) in [7, 11) is -0.141. The van der Waals surface area contributed by atoms with Crippen LogP contribution >= 0.6 is 0 Å². The number of likely N-dealkylation sites (N-methyl/N-ethyl adjacent to an activating group) is 1. The van der Waals surface area contributed by atoms with Crippen LogP contribution in [0.2, 0.25) is 0 Å². The Morgan fingerprint density at radius 3 is 2.54 bits per heavy atom. The van der Waals surface area contributed by atoms with Gasteiger partial charge < -0.3 is 9.80 Å². The summed E-state index contributed by atoms with van der Waals surface area (Å²) in [5.74, 6) is 0.234. The molecule has 4 heterocycles. The highest BCUT2D eigenvalue weighted by Crippen LogP contribution is 2.37. The van der Waals surface area contributed by atoms with E-state index in [9.17, 15) is 13.2 Å². The lowest BCUT2D eigenvalue weighted by Crippen LogP contribution is -2.52. The molecule has 2 aromatic heterocycles. The van der Waals surface area contributed by atoms with Crippen LogP contribution < -0.4 is 4.90 Å². The van der Waals surface area contributed by atoms with Gasteiger partial charge in [0, 0.05) is 45.6 Å². The van der Waals surface area contributed by atoms with Gasteiger partial charge >= 0.3 is 0 Å². The number of sulfonamides is 1. The van der Waals surface area contributed by atoms with Gasteiger partial charge in [-0.15, -0.1) is 0 Å². The summed E-state index contributed by atoms with van der Waals surface area (Å²) in [6, 6.07) is 4.11. The number of nitrogens with zero attached hydrogens (tertiary/aromatic N) is 6. The third-order valence-corrected chi connectivity index (χ3v) is 7.57. The number of aryl methyl sites for hydroxylation is 1. The van der Waals surface area contributed by atoms with Crippen LogP contribution in [0.4, 0.5) is 5.82 Å². The molecule has 0 bridgehead atoms. The maximum atomic E-state index is 13.4. The van der Waals surface area contributed by atoms with Crippen LogP contribution in [0.25, 0.3) is 0 Å². The summed E-state index contributed by atoms with van der Waals surface area (Å²) in [6.45, 7) is 4.44. The van der Waals surface area contributed by atoms with Crippen LogP contribution in [-0.4, -0.2) is 76.6 Å². The van der Waals surface area contributed by atoms with Gasteiger partial charge in [-0.1, -0.05) is 0 Å². The van der Waals surface area contributed by atoms with Crippen LogP contribution in [-0.2, 0) is 17.1 Å². The Balaban J connectivity index is 1.77. The third kappa shape index (κ3) is 2.78. The Morgan fingerprint density at radius 2 is 1.89 bits per heavy atom. The number of fused-ring (bicyclic) bond motifs is 2. The number of anilines is 1. The first-order chi connectivity index (χ1) is 13.2. The molecule has 0 saturated carbocycles. The zero-order valence-corrected chi connectivity index (χ0v) is 17.2. The van der Waals surface area contributed by atoms with Gasteiger partial charge in [0.05, 0.1) is 12.1 Å². The Morgan fingerprint density at radius 1 is 1.18 bits per heavy atom. The van der Waals surface area contributed by atoms with E-state index in [0.29, 0.717) is 24.6 Å². The van der Waals surface area contributed by atoms with E-state index in [0.717, 1.165) is 0 Å². The standard InChI is InChI=1S/C18H24N6O3S/c1-12(2)24-15-11-23(18(25)13-7-9-21(3)20-13)10-14(15)22(4)17-16(28(24,26)27)6-5-8-19-17/h5-9,12,14-15H,10-11H2,1-4H3/t14-,15+/m1/s1. The maximum absolute atomic E-state index is 13.4. The SMILES string of the molecule is CC(C)N1[C@H]2CN(C(=O)c3ccn(C)n3)C[C@H]2N(C)c2ncccc2S1(=O)=O. The van der Waals surface area contributed by atoms with E-state index in [4.69, 9.17) is 0 Å². The number of carbonyl (C=O) groups excluding carboxylic acids is 1. The minimum absolute atomic E-state index is 0.190. The summed E-state index contributed by atoms with van der Waals surface area (Å²) >= 11 is 0. The molecule has 150 valence electrons. The van der Waals surface area contributed by atoms with Gasteiger partial charge in [-0.2, -0.15) is 9.40 Å². The van der Waals surface area contributed by atoms with Gasteiger partial charge in [0.1, 0.15) is 16.4 Å². The molecule has 0 unspecified atom stereocenters. The van der Waals surface area contributed by atoms with Crippen molar-refractivity contribution in [1.82, 2.24) is 24.0 Å². The zero-order chi connectivity index (χ0) is 20.2. The van der Waals surface area contributed by atoms with Crippen molar-refractivity contribution in [3.05, 3.63) is 36.3 Å². The molecular weight excluding hydrogens is 380 g/mol. The van der Waals surface area contributed by atoms with Crippen LogP contribution in [0.3, 0.4) is 0 Å². The van der Waals surface area contributed by atoms with Crippen molar-refractivity contribution < 1.29 is 13.2 Å². The second kappa shape index (κ2) is 6.56. The first-order valence-corrected chi connectivity index (χ1v) is 10.7. The highest BCUT2D eigenvalue weighted by atomic mass is 32.2. The number of hydrogen-bond donors (Lipinski definition) is 0. The zero-order valence-electron chi connectivity index (χ0n) is 16.3. The van der Waals surface area contributed by atoms with E-state index < -0.39 is 10.0 Å². The molecule has 0 N–H and O–H groups in total. The van der Waals surface area contributed by atoms with Crippen molar-refractivity contribution in [2.45, 2.75) is 36.9 Å². The lowest BCUT2D eigenvalue weighted by atomic mass is 10.1. The molecule has 0 aromatic carbocycles. The molecule has 4 rings (SSSR count). The summed E-state index contributed by atoms with van der Waals surface area (Å²) in [5.41, 5.74) is 0.360. The number of amides is 1. The number of pyridine rings is 1. The highest BCUT2D eigenvalue weighted by Gasteiger charge is 2.50. The third-order valence-electron chi connectivity index (χ3n) is 5.45. The molecule has 28 heavy (non-hydrogen) atoms. The topological polar surface area (TPSA) is 91.6 Å². The molecule has 1 amide bonds. The molecule has 2 atom stereocenters. The van der Waals surface area contributed by atoms with Crippen molar-refractivity contribution in [1.29, 1.82) is 0 Å². The first-order valence-electron chi connectivity index (χ1n) is 9.22. The van der Waals surface area contributed by atoms with Crippen molar-refractivity contribution in [3.8, 4) is 0 Å². The Kier molecular flexibility index (Phi) is 4.42. The number of carbonyl (C=O) groups is 1. The minimum atomic E-state index is -3.74. The van der Waals surface area contributed by atoms with E-state index in [-0.39, 0.29) is 28.9 Å². The lowest BCUT2D eigenvalue weighted by Gasteiger charge is -2.33. The van der Waals surface area contributed by atoms with Gasteiger partial charge in [-0.25, -0.2) is 13.4 Å². The van der Waals surface area contributed by atoms with Crippen LogP contribution in [0.5, 0.6) is 0 Å². The normalized spacial score (nSPS) is 24.2. The average Bonchev–Trinajstić information content (AvgIpc) is 3.25. The van der Waals surface area contributed by atoms with Gasteiger partial charge in [0.15, 0.2) is 0 Å². The lowest BCUT2D eigenvalue weighted by molar-refractivity contribution is 0.0775. The monoisotopic (exact) mass is 404 g/mol. The molecule has 0 aliphatic carbocycles. The number of likely N-dealkylation sites (tertiary alicyclic amines) is 1. The quantitative estimate of drug-likeness (QED) is 0.726. The molecule has 10 heteroatoms. The van der Waals surface area contributed by atoms with Crippen LogP contribution in [0.1, 0.15) is 24.3 Å². The second-order valence-electron chi connectivity index (χ2n) is 7.58. The predicted molar refractivity (Wildman–Crippen MR) is 103 cm³/mol. The van der Waals surface area contributed by atoms with E-state index in [1.807, 2.05) is 25.8 Å². The van der Waals surface area contributed by atoms with Crippen molar-refractivity contribution in [3.63, 3.8) is 0 Å². The fourth-order valence-electron chi connectivity index (χ4n) is 4.21. The number of aromatic nitrogens is 3. The van der Waals surface area contributed by atoms with Crippen LogP contribution in [0, 0.1) is 0 Å². The van der Waals surface area contributed by atoms with Crippen molar-refractivity contribution in [2.24, 2.45) is 7.05 Å². The summed E-state index contributed by atoms with van der Waals surface area (Å²) < 4.78 is 30.0. The Bertz CT molecular complexity index is 1020. The van der Waals surface area contributed by atoms with Gasteiger partial charge in [-0.3, -0.25) is 9.48 Å². The Hall–Kier alpha value is -2.46. The Labute approximate surface area is 164 Å². The first kappa shape index (κ1) is 18.9. The predicted octanol–water partition coefficient (Wildman–Crippen LogP) is 0.557. The van der Waals surface area contributed by atoms with Gasteiger partial charge in [-0.05, 0) is 32.0 Å².